The fourth-order valence-corrected chi connectivity index (χ4v) is 4.98. The van der Waals surface area contributed by atoms with Gasteiger partial charge >= 0.3 is 0 Å². The highest BCUT2D eigenvalue weighted by atomic mass is 79.9. The molecule has 1 unspecified atom stereocenters. The quantitative estimate of drug-likeness (QED) is 0.865. The smallest absolute Gasteiger partial charge is 0.244 e. The second-order valence-corrected chi connectivity index (χ2v) is 7.63. The van der Waals surface area contributed by atoms with E-state index < -0.39 is 10.0 Å². The van der Waals surface area contributed by atoms with Gasteiger partial charge < -0.3 is 10.1 Å². The van der Waals surface area contributed by atoms with Crippen LogP contribution in [0, 0.1) is 5.92 Å². The first-order valence-corrected chi connectivity index (χ1v) is 8.70. The van der Waals surface area contributed by atoms with Crippen molar-refractivity contribution < 1.29 is 13.2 Å². The van der Waals surface area contributed by atoms with Gasteiger partial charge in [-0.25, -0.2) is 8.42 Å². The minimum Gasteiger partial charge on any atom is -0.497 e. The number of halogens is 1. The van der Waals surface area contributed by atoms with Gasteiger partial charge in [-0.2, -0.15) is 4.31 Å². The Labute approximate surface area is 128 Å². The maximum atomic E-state index is 12.6. The predicted molar refractivity (Wildman–Crippen MR) is 81.5 cm³/mol. The van der Waals surface area contributed by atoms with Crippen LogP contribution in [0.5, 0.6) is 5.75 Å². The highest BCUT2D eigenvalue weighted by Gasteiger charge is 2.33. The molecule has 0 bridgehead atoms. The van der Waals surface area contributed by atoms with E-state index in [1.165, 1.54) is 0 Å². The van der Waals surface area contributed by atoms with Gasteiger partial charge in [-0.3, -0.25) is 0 Å². The van der Waals surface area contributed by atoms with Crippen molar-refractivity contribution in [2.45, 2.75) is 11.3 Å². The van der Waals surface area contributed by atoms with Crippen molar-refractivity contribution in [1.29, 1.82) is 0 Å². The number of nitrogens with zero attached hydrogens (tertiary/aromatic N) is 1. The van der Waals surface area contributed by atoms with Crippen LogP contribution in [0.15, 0.2) is 27.6 Å². The van der Waals surface area contributed by atoms with Gasteiger partial charge in [0.2, 0.25) is 10.0 Å². The molecule has 1 aliphatic rings. The van der Waals surface area contributed by atoms with Gasteiger partial charge in [0.15, 0.2) is 0 Å². The van der Waals surface area contributed by atoms with Gasteiger partial charge in [-0.1, -0.05) is 0 Å². The summed E-state index contributed by atoms with van der Waals surface area (Å²) >= 11 is 3.32. The summed E-state index contributed by atoms with van der Waals surface area (Å²) in [5.74, 6) is 1.01. The summed E-state index contributed by atoms with van der Waals surface area (Å²) in [5.41, 5.74) is 0. The van der Waals surface area contributed by atoms with E-state index in [4.69, 9.17) is 4.74 Å². The van der Waals surface area contributed by atoms with Crippen LogP contribution in [-0.4, -0.2) is 46.5 Å². The Morgan fingerprint density at radius 2 is 2.25 bits per heavy atom. The second-order valence-electron chi connectivity index (χ2n) is 4.87. The Kier molecular flexibility index (Phi) is 5.06. The first kappa shape index (κ1) is 15.8. The SMILES string of the molecule is CNCC1CCN(S(=O)(=O)c2ccc(OC)cc2Br)C1. The number of methoxy groups -OCH3 is 1. The average Bonchev–Trinajstić information content (AvgIpc) is 2.88. The molecule has 1 saturated heterocycles. The zero-order valence-electron chi connectivity index (χ0n) is 11.6. The van der Waals surface area contributed by atoms with Crippen LogP contribution < -0.4 is 10.1 Å². The monoisotopic (exact) mass is 362 g/mol. The molecule has 1 N–H and O–H groups in total. The summed E-state index contributed by atoms with van der Waals surface area (Å²) in [6.45, 7) is 1.99. The first-order valence-electron chi connectivity index (χ1n) is 6.47. The van der Waals surface area contributed by atoms with Crippen LogP contribution in [0.25, 0.3) is 0 Å². The lowest BCUT2D eigenvalue weighted by Gasteiger charge is -2.18. The summed E-state index contributed by atoms with van der Waals surface area (Å²) in [4.78, 5) is 0.295. The summed E-state index contributed by atoms with van der Waals surface area (Å²) < 4.78 is 32.5. The largest absolute Gasteiger partial charge is 0.497 e. The molecule has 0 aromatic heterocycles. The molecule has 0 radical (unpaired) electrons. The van der Waals surface area contributed by atoms with Gasteiger partial charge in [-0.15, -0.1) is 0 Å². The average molecular weight is 363 g/mol. The van der Waals surface area contributed by atoms with Crippen molar-refractivity contribution in [3.63, 3.8) is 0 Å². The van der Waals surface area contributed by atoms with Crippen molar-refractivity contribution in [1.82, 2.24) is 9.62 Å². The molecule has 1 aromatic carbocycles. The molecule has 0 saturated carbocycles. The molecule has 5 nitrogen and oxygen atoms in total. The maximum absolute atomic E-state index is 12.6. The van der Waals surface area contributed by atoms with E-state index in [-0.39, 0.29) is 0 Å². The normalized spacial score (nSPS) is 20.2. The van der Waals surface area contributed by atoms with Crippen LogP contribution >= 0.6 is 15.9 Å². The molecule has 20 heavy (non-hydrogen) atoms. The molecule has 1 aliphatic heterocycles. The number of ether oxygens (including phenoxy) is 1. The number of hydrogen-bond acceptors (Lipinski definition) is 4. The van der Waals surface area contributed by atoms with Crippen LogP contribution in [0.2, 0.25) is 0 Å². The molecule has 0 spiro atoms. The van der Waals surface area contributed by atoms with Crippen LogP contribution in [0.3, 0.4) is 0 Å². The highest BCUT2D eigenvalue weighted by Crippen LogP contribution is 2.31. The lowest BCUT2D eigenvalue weighted by Crippen LogP contribution is -2.30. The van der Waals surface area contributed by atoms with Crippen molar-refractivity contribution in [2.75, 3.05) is 33.8 Å². The Morgan fingerprint density at radius 1 is 1.50 bits per heavy atom. The van der Waals surface area contributed by atoms with Crippen LogP contribution in [-0.2, 0) is 10.0 Å². The Morgan fingerprint density at radius 3 is 2.85 bits per heavy atom. The summed E-state index contributed by atoms with van der Waals surface area (Å²) in [6, 6.07) is 4.93. The van der Waals surface area contributed by atoms with Gasteiger partial charge in [0, 0.05) is 17.6 Å². The third kappa shape index (κ3) is 3.16. The topological polar surface area (TPSA) is 58.6 Å². The molecule has 7 heteroatoms. The predicted octanol–water partition coefficient (Wildman–Crippen LogP) is 1.69. The fourth-order valence-electron chi connectivity index (χ4n) is 2.43. The van der Waals surface area contributed by atoms with Crippen molar-refractivity contribution in [2.24, 2.45) is 5.92 Å². The van der Waals surface area contributed by atoms with E-state index in [1.807, 2.05) is 7.05 Å². The minimum atomic E-state index is -3.44. The molecule has 1 fully saturated rings. The van der Waals surface area contributed by atoms with Gasteiger partial charge in [-0.05, 0) is 60.1 Å². The molecule has 1 heterocycles. The van der Waals surface area contributed by atoms with E-state index in [2.05, 4.69) is 21.2 Å². The second kappa shape index (κ2) is 6.43. The minimum absolute atomic E-state index is 0.295. The number of sulfonamides is 1. The van der Waals surface area contributed by atoms with E-state index in [0.717, 1.165) is 13.0 Å². The molecular weight excluding hydrogens is 344 g/mol. The lowest BCUT2D eigenvalue weighted by atomic mass is 10.1. The molecule has 2 rings (SSSR count). The molecule has 0 amide bonds. The standard InChI is InChI=1S/C13H19BrN2O3S/c1-15-8-10-5-6-16(9-10)20(17,18)13-4-3-11(19-2)7-12(13)14/h3-4,7,10,15H,5-6,8-9H2,1-2H3. The first-order chi connectivity index (χ1) is 9.48. The van der Waals surface area contributed by atoms with Crippen molar-refractivity contribution >= 4 is 26.0 Å². The third-order valence-electron chi connectivity index (χ3n) is 3.50. The molecule has 0 aliphatic carbocycles. The zero-order chi connectivity index (χ0) is 14.8. The highest BCUT2D eigenvalue weighted by molar-refractivity contribution is 9.10. The maximum Gasteiger partial charge on any atom is 0.244 e. The Bertz CT molecular complexity index is 577. The summed E-state index contributed by atoms with van der Waals surface area (Å²) in [6.07, 6.45) is 0.897. The zero-order valence-corrected chi connectivity index (χ0v) is 14.0. The van der Waals surface area contributed by atoms with E-state index in [0.29, 0.717) is 34.1 Å². The summed E-state index contributed by atoms with van der Waals surface area (Å²) in [5, 5.41) is 3.10. The van der Waals surface area contributed by atoms with Crippen LogP contribution in [0.1, 0.15) is 6.42 Å². The number of rotatable bonds is 5. The van der Waals surface area contributed by atoms with Crippen LogP contribution in [0.4, 0.5) is 0 Å². The third-order valence-corrected chi connectivity index (χ3v) is 6.34. The molecule has 112 valence electrons. The Balaban J connectivity index is 2.23. The molecule has 1 aromatic rings. The van der Waals surface area contributed by atoms with Gasteiger partial charge in [0.25, 0.3) is 0 Å². The van der Waals surface area contributed by atoms with E-state index in [9.17, 15) is 8.42 Å². The van der Waals surface area contributed by atoms with E-state index in [1.54, 1.807) is 29.6 Å². The lowest BCUT2D eigenvalue weighted by molar-refractivity contribution is 0.413. The number of benzene rings is 1. The fraction of sp³-hybridized carbons (Fsp3) is 0.538. The van der Waals surface area contributed by atoms with Gasteiger partial charge in [0.05, 0.1) is 12.0 Å². The van der Waals surface area contributed by atoms with E-state index >= 15 is 0 Å². The molecular formula is C13H19BrN2O3S. The van der Waals surface area contributed by atoms with Gasteiger partial charge in [0.1, 0.15) is 5.75 Å². The molecule has 1 atom stereocenters. The number of nitrogens with one attached hydrogen (secondary N) is 1. The van der Waals surface area contributed by atoms with Crippen molar-refractivity contribution in [3.8, 4) is 5.75 Å². The summed E-state index contributed by atoms with van der Waals surface area (Å²) in [7, 11) is -0.00200. The number of hydrogen-bond donors (Lipinski definition) is 1. The Hall–Kier alpha value is -0.630. The van der Waals surface area contributed by atoms with Crippen molar-refractivity contribution in [3.05, 3.63) is 22.7 Å².